The normalized spacial score (nSPS) is 13.9. The van der Waals surface area contributed by atoms with Crippen LogP contribution in [0.25, 0.3) is 11.0 Å². The number of hydrogen-bond acceptors (Lipinski definition) is 8. The number of anilines is 1. The fraction of sp³-hybridized carbons (Fsp3) is 0.455. The van der Waals surface area contributed by atoms with Crippen molar-refractivity contribution in [1.82, 2.24) is 25.1 Å². The number of fused-ring (bicyclic) bond motifs is 1. The molecule has 1 amide bonds. The van der Waals surface area contributed by atoms with E-state index in [0.717, 1.165) is 47.3 Å². The van der Waals surface area contributed by atoms with Gasteiger partial charge in [0.25, 0.3) is 5.91 Å². The lowest BCUT2D eigenvalue weighted by Crippen LogP contribution is -2.37. The van der Waals surface area contributed by atoms with E-state index in [2.05, 4.69) is 22.2 Å². The second kappa shape index (κ2) is 11.9. The molecule has 12 heteroatoms. The van der Waals surface area contributed by atoms with Crippen molar-refractivity contribution in [3.8, 4) is 5.75 Å². The molecule has 0 spiro atoms. The van der Waals surface area contributed by atoms with Crippen LogP contribution in [0.2, 0.25) is 10.0 Å². The first kappa shape index (κ1) is 24.8. The monoisotopic (exact) mass is 524 g/mol. The molecule has 182 valence electrons. The smallest absolute Gasteiger partial charge is 0.258 e. The van der Waals surface area contributed by atoms with E-state index in [1.165, 1.54) is 0 Å². The Morgan fingerprint density at radius 3 is 2.85 bits per heavy atom. The van der Waals surface area contributed by atoms with Gasteiger partial charge in [0.2, 0.25) is 0 Å². The zero-order chi connectivity index (χ0) is 23.9. The molecule has 3 aromatic rings. The molecule has 1 fully saturated rings. The van der Waals surface area contributed by atoms with E-state index in [9.17, 15) is 4.79 Å². The molecule has 0 unspecified atom stereocenters. The van der Waals surface area contributed by atoms with E-state index in [4.69, 9.17) is 42.6 Å². The van der Waals surface area contributed by atoms with Crippen LogP contribution >= 0.6 is 35.0 Å². The third kappa shape index (κ3) is 6.24. The van der Waals surface area contributed by atoms with Gasteiger partial charge >= 0.3 is 0 Å². The molecule has 9 nitrogen and oxygen atoms in total. The molecule has 0 bridgehead atoms. The molecule has 1 saturated heterocycles. The summed E-state index contributed by atoms with van der Waals surface area (Å²) in [6.45, 7) is 5.73. The third-order valence-electron chi connectivity index (χ3n) is 5.10. The summed E-state index contributed by atoms with van der Waals surface area (Å²) in [5.41, 5.74) is 0.758. The van der Waals surface area contributed by atoms with Crippen LogP contribution in [-0.4, -0.2) is 70.9 Å². The Kier molecular flexibility index (Phi) is 8.71. The Labute approximate surface area is 212 Å². The molecule has 1 aliphatic rings. The highest BCUT2D eigenvalue weighted by Crippen LogP contribution is 2.28. The van der Waals surface area contributed by atoms with Crippen LogP contribution in [0.5, 0.6) is 5.75 Å². The van der Waals surface area contributed by atoms with Gasteiger partial charge in [0.05, 0.1) is 36.4 Å². The average molecular weight is 525 g/mol. The number of nitrogens with zero attached hydrogens (tertiary/aromatic N) is 5. The van der Waals surface area contributed by atoms with Crippen molar-refractivity contribution in [1.29, 1.82) is 0 Å². The minimum Gasteiger partial charge on any atom is -0.482 e. The van der Waals surface area contributed by atoms with Gasteiger partial charge < -0.3 is 19.7 Å². The number of benzene rings is 1. The third-order valence-corrected chi connectivity index (χ3v) is 6.68. The lowest BCUT2D eigenvalue weighted by atomic mass is 10.3. The lowest BCUT2D eigenvalue weighted by Gasteiger charge is -2.28. The van der Waals surface area contributed by atoms with Crippen molar-refractivity contribution < 1.29 is 14.3 Å². The van der Waals surface area contributed by atoms with E-state index >= 15 is 0 Å². The van der Waals surface area contributed by atoms with Gasteiger partial charge in [0.15, 0.2) is 17.4 Å². The van der Waals surface area contributed by atoms with Crippen LogP contribution in [0.1, 0.15) is 13.3 Å². The molecule has 0 saturated carbocycles. The largest absolute Gasteiger partial charge is 0.482 e. The summed E-state index contributed by atoms with van der Waals surface area (Å²) < 4.78 is 12.8. The molecule has 0 atom stereocenters. The van der Waals surface area contributed by atoms with Crippen LogP contribution in [0.4, 0.5) is 5.82 Å². The molecule has 1 N–H and O–H groups in total. The van der Waals surface area contributed by atoms with Crippen LogP contribution in [-0.2, 0) is 16.1 Å². The fourth-order valence-electron chi connectivity index (χ4n) is 3.45. The maximum Gasteiger partial charge on any atom is 0.258 e. The maximum absolute atomic E-state index is 12.2. The van der Waals surface area contributed by atoms with Crippen molar-refractivity contribution in [3.63, 3.8) is 0 Å². The number of morpholine rings is 1. The molecule has 4 rings (SSSR count). The summed E-state index contributed by atoms with van der Waals surface area (Å²) in [6, 6.07) is 4.86. The molecule has 1 aromatic carbocycles. The van der Waals surface area contributed by atoms with Crippen molar-refractivity contribution in [3.05, 3.63) is 34.4 Å². The summed E-state index contributed by atoms with van der Waals surface area (Å²) in [5, 5.41) is 9.85. The Morgan fingerprint density at radius 2 is 2.09 bits per heavy atom. The van der Waals surface area contributed by atoms with Crippen LogP contribution in [0.15, 0.2) is 29.6 Å². The topological polar surface area (TPSA) is 94.4 Å². The Morgan fingerprint density at radius 1 is 1.26 bits per heavy atom. The van der Waals surface area contributed by atoms with E-state index in [-0.39, 0.29) is 12.5 Å². The second-order valence-corrected chi connectivity index (χ2v) is 9.50. The SMILES string of the molecule is CCCSc1nc(N2CCOCC2)c2cnn(CCNC(=O)COc3ccc(Cl)cc3Cl)c2n1. The van der Waals surface area contributed by atoms with Gasteiger partial charge in [-0.15, -0.1) is 0 Å². The van der Waals surface area contributed by atoms with Crippen molar-refractivity contribution in [2.45, 2.75) is 25.0 Å². The Balaban J connectivity index is 1.40. The number of nitrogens with one attached hydrogen (secondary N) is 1. The summed E-state index contributed by atoms with van der Waals surface area (Å²) in [7, 11) is 0. The lowest BCUT2D eigenvalue weighted by molar-refractivity contribution is -0.123. The number of carbonyl (C=O) groups excluding carboxylic acids is 1. The number of rotatable bonds is 10. The van der Waals surface area contributed by atoms with Gasteiger partial charge in [-0.2, -0.15) is 5.10 Å². The standard InChI is InChI=1S/C22H26Cl2N6O3S/c1-2-11-34-22-27-20(29-7-9-32-10-8-29)16-13-26-30(21(16)28-22)6-5-25-19(31)14-33-18-4-3-15(23)12-17(18)24/h3-4,12-13H,2,5-11,14H2,1H3,(H,25,31). The maximum atomic E-state index is 12.2. The van der Waals surface area contributed by atoms with Gasteiger partial charge in [0.1, 0.15) is 11.6 Å². The fourth-order valence-corrected chi connectivity index (χ4v) is 4.60. The number of halogens is 2. The van der Waals surface area contributed by atoms with Gasteiger partial charge in [-0.25, -0.2) is 14.6 Å². The van der Waals surface area contributed by atoms with Gasteiger partial charge in [-0.05, 0) is 24.6 Å². The molecule has 3 heterocycles. The van der Waals surface area contributed by atoms with Gasteiger partial charge in [-0.1, -0.05) is 41.9 Å². The number of hydrogen-bond donors (Lipinski definition) is 1. The van der Waals surface area contributed by atoms with E-state index in [1.807, 2.05) is 0 Å². The summed E-state index contributed by atoms with van der Waals surface area (Å²) in [4.78, 5) is 24.0. The first-order valence-electron chi connectivity index (χ1n) is 11.1. The van der Waals surface area contributed by atoms with Crippen molar-refractivity contribution in [2.75, 3.05) is 50.1 Å². The quantitative estimate of drug-likeness (QED) is 0.317. The minimum atomic E-state index is -0.259. The number of aromatic nitrogens is 4. The highest BCUT2D eigenvalue weighted by molar-refractivity contribution is 7.99. The van der Waals surface area contributed by atoms with E-state index < -0.39 is 0 Å². The van der Waals surface area contributed by atoms with Gasteiger partial charge in [0, 0.05) is 30.4 Å². The molecule has 2 aromatic heterocycles. The number of ether oxygens (including phenoxy) is 2. The number of amides is 1. The molecule has 0 radical (unpaired) electrons. The van der Waals surface area contributed by atoms with E-state index in [1.54, 1.807) is 40.8 Å². The van der Waals surface area contributed by atoms with Gasteiger partial charge in [-0.3, -0.25) is 4.79 Å². The zero-order valence-electron chi connectivity index (χ0n) is 18.8. The second-order valence-electron chi connectivity index (χ2n) is 7.60. The Bertz CT molecular complexity index is 1140. The van der Waals surface area contributed by atoms with Crippen LogP contribution < -0.4 is 15.0 Å². The summed E-state index contributed by atoms with van der Waals surface area (Å²) >= 11 is 13.6. The van der Waals surface area contributed by atoms with Crippen LogP contribution in [0, 0.1) is 0 Å². The highest BCUT2D eigenvalue weighted by Gasteiger charge is 2.20. The predicted octanol–water partition coefficient (Wildman–Crippen LogP) is 3.67. The number of carbonyl (C=O) groups is 1. The minimum absolute atomic E-state index is 0.150. The highest BCUT2D eigenvalue weighted by atomic mass is 35.5. The molecule has 34 heavy (non-hydrogen) atoms. The first-order chi connectivity index (χ1) is 16.5. The molecule has 1 aliphatic heterocycles. The van der Waals surface area contributed by atoms with Crippen LogP contribution in [0.3, 0.4) is 0 Å². The molecular formula is C22H26Cl2N6O3S. The average Bonchev–Trinajstić information content (AvgIpc) is 3.25. The molecular weight excluding hydrogens is 499 g/mol. The van der Waals surface area contributed by atoms with Crippen molar-refractivity contribution >= 4 is 57.7 Å². The summed E-state index contributed by atoms with van der Waals surface area (Å²) in [6.07, 6.45) is 2.83. The van der Waals surface area contributed by atoms with Crippen molar-refractivity contribution in [2.24, 2.45) is 0 Å². The first-order valence-corrected chi connectivity index (χ1v) is 12.8. The zero-order valence-corrected chi connectivity index (χ0v) is 21.1. The molecule has 0 aliphatic carbocycles. The Hall–Kier alpha value is -2.27. The van der Waals surface area contributed by atoms with E-state index in [0.29, 0.717) is 42.1 Å². The summed E-state index contributed by atoms with van der Waals surface area (Å²) in [5.74, 6) is 1.97. The predicted molar refractivity (Wildman–Crippen MR) is 134 cm³/mol. The number of thioether (sulfide) groups is 1.